The van der Waals surface area contributed by atoms with Crippen LogP contribution in [0.2, 0.25) is 0 Å². The highest BCUT2D eigenvalue weighted by Crippen LogP contribution is 2.35. The van der Waals surface area contributed by atoms with Crippen molar-refractivity contribution in [2.45, 2.75) is 34.1 Å². The second-order valence-corrected chi connectivity index (χ2v) is 4.38. The molecule has 0 aromatic rings. The Kier molecular flexibility index (Phi) is 2.11. The Morgan fingerprint density at radius 3 is 2.25 bits per heavy atom. The van der Waals surface area contributed by atoms with Crippen LogP contribution in [0.1, 0.15) is 34.1 Å². The van der Waals surface area contributed by atoms with Crippen molar-refractivity contribution in [2.24, 2.45) is 17.3 Å². The quantitative estimate of drug-likeness (QED) is 0.517. The number of hydrogen-bond acceptors (Lipinski definition) is 2. The van der Waals surface area contributed by atoms with Gasteiger partial charge in [0, 0.05) is 12.3 Å². The molecular weight excluding hydrogens is 152 g/mol. The van der Waals surface area contributed by atoms with Crippen LogP contribution < -0.4 is 0 Å². The van der Waals surface area contributed by atoms with Gasteiger partial charge >= 0.3 is 0 Å². The van der Waals surface area contributed by atoms with Gasteiger partial charge in [-0.2, -0.15) is 0 Å². The van der Waals surface area contributed by atoms with Crippen molar-refractivity contribution in [1.29, 1.82) is 0 Å². The molecule has 2 atom stereocenters. The van der Waals surface area contributed by atoms with E-state index in [-0.39, 0.29) is 23.4 Å². The van der Waals surface area contributed by atoms with Crippen molar-refractivity contribution in [3.8, 4) is 0 Å². The summed E-state index contributed by atoms with van der Waals surface area (Å²) in [5.41, 5.74) is -0.730. The standard InChI is InChI=1S/C10H16O2/c1-6-5-8(11)10(3,4)9(12)7(6)2/h6-7H,5H2,1-4H3. The molecule has 0 radical (unpaired) electrons. The maximum absolute atomic E-state index is 11.6. The predicted octanol–water partition coefficient (Wildman–Crippen LogP) is 1.83. The van der Waals surface area contributed by atoms with Gasteiger partial charge in [-0.3, -0.25) is 9.59 Å². The van der Waals surface area contributed by atoms with E-state index < -0.39 is 5.41 Å². The maximum Gasteiger partial charge on any atom is 0.148 e. The van der Waals surface area contributed by atoms with Gasteiger partial charge in [0.2, 0.25) is 0 Å². The van der Waals surface area contributed by atoms with E-state index in [1.165, 1.54) is 0 Å². The Morgan fingerprint density at radius 1 is 1.25 bits per heavy atom. The normalized spacial score (nSPS) is 35.3. The molecule has 2 nitrogen and oxygen atoms in total. The van der Waals surface area contributed by atoms with Crippen LogP contribution in [0.4, 0.5) is 0 Å². The third kappa shape index (κ3) is 1.19. The third-order valence-corrected chi connectivity index (χ3v) is 3.09. The zero-order valence-corrected chi connectivity index (χ0v) is 8.18. The van der Waals surface area contributed by atoms with Crippen LogP contribution in [-0.4, -0.2) is 11.6 Å². The molecule has 0 N–H and O–H groups in total. The van der Waals surface area contributed by atoms with Crippen molar-refractivity contribution in [3.63, 3.8) is 0 Å². The zero-order valence-electron chi connectivity index (χ0n) is 8.18. The number of rotatable bonds is 0. The Morgan fingerprint density at radius 2 is 1.75 bits per heavy atom. The molecule has 0 saturated heterocycles. The number of Topliss-reactive ketones (excluding diaryl/α,β-unsaturated/α-hetero) is 2. The fraction of sp³-hybridized carbons (Fsp3) is 0.800. The van der Waals surface area contributed by atoms with Crippen LogP contribution in [0.25, 0.3) is 0 Å². The molecule has 0 bridgehead atoms. The largest absolute Gasteiger partial charge is 0.299 e. The topological polar surface area (TPSA) is 34.1 Å². The van der Waals surface area contributed by atoms with Crippen molar-refractivity contribution in [3.05, 3.63) is 0 Å². The van der Waals surface area contributed by atoms with E-state index in [9.17, 15) is 9.59 Å². The van der Waals surface area contributed by atoms with E-state index in [0.717, 1.165) is 0 Å². The van der Waals surface area contributed by atoms with E-state index in [4.69, 9.17) is 0 Å². The minimum atomic E-state index is -0.730. The average Bonchev–Trinajstić information content (AvgIpc) is 1.99. The lowest BCUT2D eigenvalue weighted by Crippen LogP contribution is -2.45. The van der Waals surface area contributed by atoms with Crippen LogP contribution >= 0.6 is 0 Å². The second-order valence-electron chi connectivity index (χ2n) is 4.38. The molecule has 0 spiro atoms. The molecule has 1 fully saturated rings. The number of carbonyl (C=O) groups excluding carboxylic acids is 2. The highest BCUT2D eigenvalue weighted by molar-refractivity contribution is 6.09. The van der Waals surface area contributed by atoms with E-state index in [1.807, 2.05) is 13.8 Å². The lowest BCUT2D eigenvalue weighted by atomic mass is 9.66. The molecule has 0 heterocycles. The molecule has 1 rings (SSSR count). The summed E-state index contributed by atoms with van der Waals surface area (Å²) >= 11 is 0. The monoisotopic (exact) mass is 168 g/mol. The van der Waals surface area contributed by atoms with Crippen LogP contribution in [0.15, 0.2) is 0 Å². The van der Waals surface area contributed by atoms with E-state index in [0.29, 0.717) is 6.42 Å². The first-order valence-corrected chi connectivity index (χ1v) is 4.45. The molecule has 1 aliphatic carbocycles. The first-order valence-electron chi connectivity index (χ1n) is 4.45. The molecule has 1 saturated carbocycles. The summed E-state index contributed by atoms with van der Waals surface area (Å²) in [5.74, 6) is 0.458. The molecular formula is C10H16O2. The molecule has 0 aromatic heterocycles. The SMILES string of the molecule is CC1CC(=O)C(C)(C)C(=O)C1C. The van der Waals surface area contributed by atoms with Gasteiger partial charge in [0.25, 0.3) is 0 Å². The zero-order chi connectivity index (χ0) is 9.52. The van der Waals surface area contributed by atoms with E-state index in [1.54, 1.807) is 13.8 Å². The van der Waals surface area contributed by atoms with Crippen LogP contribution in [-0.2, 0) is 9.59 Å². The third-order valence-electron chi connectivity index (χ3n) is 3.09. The summed E-state index contributed by atoms with van der Waals surface area (Å²) in [6, 6.07) is 0. The van der Waals surface area contributed by atoms with E-state index >= 15 is 0 Å². The van der Waals surface area contributed by atoms with Crippen LogP contribution in [0.3, 0.4) is 0 Å². The lowest BCUT2D eigenvalue weighted by molar-refractivity contribution is -0.147. The summed E-state index contributed by atoms with van der Waals surface area (Å²) < 4.78 is 0. The summed E-state index contributed by atoms with van der Waals surface area (Å²) in [7, 11) is 0. The van der Waals surface area contributed by atoms with Crippen molar-refractivity contribution < 1.29 is 9.59 Å². The predicted molar refractivity (Wildman–Crippen MR) is 46.7 cm³/mol. The highest BCUT2D eigenvalue weighted by Gasteiger charge is 2.44. The Bertz CT molecular complexity index is 228. The molecule has 1 aliphatic rings. The summed E-state index contributed by atoms with van der Waals surface area (Å²) in [6.45, 7) is 7.36. The minimum Gasteiger partial charge on any atom is -0.299 e. The summed E-state index contributed by atoms with van der Waals surface area (Å²) in [6.07, 6.45) is 0.555. The summed E-state index contributed by atoms with van der Waals surface area (Å²) in [5, 5.41) is 0. The molecule has 0 aromatic carbocycles. The molecule has 12 heavy (non-hydrogen) atoms. The Balaban J connectivity index is 2.96. The smallest absolute Gasteiger partial charge is 0.148 e. The van der Waals surface area contributed by atoms with Crippen LogP contribution in [0.5, 0.6) is 0 Å². The van der Waals surface area contributed by atoms with Gasteiger partial charge < -0.3 is 0 Å². The average molecular weight is 168 g/mol. The van der Waals surface area contributed by atoms with Gasteiger partial charge in [-0.25, -0.2) is 0 Å². The van der Waals surface area contributed by atoms with Gasteiger partial charge in [0.1, 0.15) is 11.6 Å². The van der Waals surface area contributed by atoms with Crippen LogP contribution in [0, 0.1) is 17.3 Å². The van der Waals surface area contributed by atoms with Crippen molar-refractivity contribution in [1.82, 2.24) is 0 Å². The minimum absolute atomic E-state index is 0.0395. The van der Waals surface area contributed by atoms with Gasteiger partial charge in [0.05, 0.1) is 5.41 Å². The number of ketones is 2. The van der Waals surface area contributed by atoms with Gasteiger partial charge in [-0.05, 0) is 19.8 Å². The fourth-order valence-corrected chi connectivity index (χ4v) is 1.69. The number of hydrogen-bond donors (Lipinski definition) is 0. The van der Waals surface area contributed by atoms with Crippen molar-refractivity contribution >= 4 is 11.6 Å². The fourth-order valence-electron chi connectivity index (χ4n) is 1.69. The van der Waals surface area contributed by atoms with Crippen molar-refractivity contribution in [2.75, 3.05) is 0 Å². The van der Waals surface area contributed by atoms with Gasteiger partial charge in [0.15, 0.2) is 0 Å². The van der Waals surface area contributed by atoms with E-state index in [2.05, 4.69) is 0 Å². The summed E-state index contributed by atoms with van der Waals surface area (Å²) in [4.78, 5) is 23.1. The molecule has 2 unspecified atom stereocenters. The first kappa shape index (κ1) is 9.43. The highest BCUT2D eigenvalue weighted by atomic mass is 16.2. The van der Waals surface area contributed by atoms with Gasteiger partial charge in [-0.1, -0.05) is 13.8 Å². The maximum atomic E-state index is 11.6. The molecule has 0 aliphatic heterocycles. The molecule has 2 heteroatoms. The first-order chi connectivity index (χ1) is 5.37. The Labute approximate surface area is 73.3 Å². The van der Waals surface area contributed by atoms with Gasteiger partial charge in [-0.15, -0.1) is 0 Å². The number of carbonyl (C=O) groups is 2. The molecule has 0 amide bonds. The second kappa shape index (κ2) is 2.68. The Hall–Kier alpha value is -0.660. The molecule has 68 valence electrons. The lowest BCUT2D eigenvalue weighted by Gasteiger charge is -2.34.